The van der Waals surface area contributed by atoms with Crippen molar-refractivity contribution in [3.8, 4) is 5.75 Å². The normalized spacial score (nSPS) is 19.1. The molecule has 1 amide bonds. The molecule has 33 heavy (non-hydrogen) atoms. The smallest absolute Gasteiger partial charge is 0.433 e. The van der Waals surface area contributed by atoms with Gasteiger partial charge in [0, 0.05) is 17.7 Å². The van der Waals surface area contributed by atoms with E-state index in [2.05, 4.69) is 15.3 Å². The predicted octanol–water partition coefficient (Wildman–Crippen LogP) is 4.42. The van der Waals surface area contributed by atoms with Crippen LogP contribution in [0.15, 0.2) is 35.3 Å². The molecule has 1 aromatic heterocycles. The van der Waals surface area contributed by atoms with Crippen molar-refractivity contribution in [3.63, 3.8) is 0 Å². The second-order valence-corrected chi connectivity index (χ2v) is 7.62. The first-order chi connectivity index (χ1) is 15.6. The van der Waals surface area contributed by atoms with Crippen molar-refractivity contribution in [1.82, 2.24) is 4.98 Å². The Bertz CT molecular complexity index is 1060. The van der Waals surface area contributed by atoms with E-state index in [9.17, 15) is 27.2 Å². The van der Waals surface area contributed by atoms with Crippen molar-refractivity contribution in [2.45, 2.75) is 37.9 Å². The average molecular weight is 466 g/mol. The van der Waals surface area contributed by atoms with Crippen LogP contribution in [-0.4, -0.2) is 36.3 Å². The van der Waals surface area contributed by atoms with Gasteiger partial charge in [-0.2, -0.15) is 17.6 Å². The molecule has 1 aliphatic carbocycles. The van der Waals surface area contributed by atoms with E-state index in [-0.39, 0.29) is 34.6 Å². The zero-order valence-corrected chi connectivity index (χ0v) is 17.7. The van der Waals surface area contributed by atoms with Crippen molar-refractivity contribution < 1.29 is 31.9 Å². The number of hydrogen-bond donors (Lipinski definition) is 2. The molecule has 0 spiro atoms. The highest BCUT2D eigenvalue weighted by Crippen LogP contribution is 2.33. The lowest BCUT2D eigenvalue weighted by molar-refractivity contribution is -0.141. The zero-order chi connectivity index (χ0) is 24.2. The molecule has 0 radical (unpaired) electrons. The van der Waals surface area contributed by atoms with Crippen molar-refractivity contribution in [1.29, 1.82) is 0 Å². The summed E-state index contributed by atoms with van der Waals surface area (Å²) in [6.45, 7) is 0. The fourth-order valence-corrected chi connectivity index (χ4v) is 3.54. The van der Waals surface area contributed by atoms with Gasteiger partial charge >= 0.3 is 6.18 Å². The summed E-state index contributed by atoms with van der Waals surface area (Å²) in [5.74, 6) is -1.76. The molecule has 1 saturated carbocycles. The highest BCUT2D eigenvalue weighted by atomic mass is 19.4. The van der Waals surface area contributed by atoms with Gasteiger partial charge in [0.15, 0.2) is 0 Å². The van der Waals surface area contributed by atoms with Gasteiger partial charge in [0.1, 0.15) is 23.4 Å². The number of aldehydes is 1. The number of aromatic nitrogens is 1. The molecule has 1 aliphatic rings. The molecule has 176 valence electrons. The summed E-state index contributed by atoms with van der Waals surface area (Å²) in [4.78, 5) is 30.8. The number of pyridine rings is 1. The van der Waals surface area contributed by atoms with Crippen LogP contribution in [0.1, 0.15) is 47.4 Å². The second kappa shape index (κ2) is 9.97. The number of nitrogens with one attached hydrogen (secondary N) is 1. The first-order valence-electron chi connectivity index (χ1n) is 10.1. The Kier molecular flexibility index (Phi) is 7.29. The summed E-state index contributed by atoms with van der Waals surface area (Å²) in [5, 5.41) is 2.39. The number of amides is 1. The van der Waals surface area contributed by atoms with Gasteiger partial charge in [0.05, 0.1) is 24.4 Å². The SMILES string of the molecule is COc1cc(N)c(C(F)=NC2CCC(C=O)CC2)cc1NC(=O)c1cccc(C(F)(F)F)n1. The van der Waals surface area contributed by atoms with Crippen molar-refractivity contribution >= 4 is 29.5 Å². The van der Waals surface area contributed by atoms with Gasteiger partial charge in [-0.25, -0.2) is 4.98 Å². The molecule has 1 fully saturated rings. The van der Waals surface area contributed by atoms with Crippen LogP contribution in [0.5, 0.6) is 5.75 Å². The van der Waals surface area contributed by atoms with Gasteiger partial charge in [-0.05, 0) is 43.9 Å². The Hall–Kier alpha value is -3.50. The highest BCUT2D eigenvalue weighted by Gasteiger charge is 2.33. The van der Waals surface area contributed by atoms with E-state index in [0.717, 1.165) is 24.5 Å². The summed E-state index contributed by atoms with van der Waals surface area (Å²) in [6, 6.07) is 5.09. The first-order valence-corrected chi connectivity index (χ1v) is 10.1. The van der Waals surface area contributed by atoms with Crippen molar-refractivity contribution in [2.75, 3.05) is 18.2 Å². The highest BCUT2D eigenvalue weighted by molar-refractivity contribution is 6.06. The molecule has 0 unspecified atom stereocenters. The predicted molar refractivity (Wildman–Crippen MR) is 114 cm³/mol. The summed E-state index contributed by atoms with van der Waals surface area (Å²) in [5.41, 5.74) is 4.12. The largest absolute Gasteiger partial charge is 0.494 e. The van der Waals surface area contributed by atoms with Crippen LogP contribution in [0.3, 0.4) is 0 Å². The van der Waals surface area contributed by atoms with E-state index >= 15 is 0 Å². The Labute approximate surface area is 187 Å². The third-order valence-corrected chi connectivity index (χ3v) is 5.34. The number of carbonyl (C=O) groups is 2. The summed E-state index contributed by atoms with van der Waals surface area (Å²) >= 11 is 0. The van der Waals surface area contributed by atoms with Crippen LogP contribution in [0.4, 0.5) is 28.9 Å². The van der Waals surface area contributed by atoms with E-state index in [4.69, 9.17) is 10.5 Å². The molecule has 0 saturated heterocycles. The van der Waals surface area contributed by atoms with Crippen molar-refractivity contribution in [2.24, 2.45) is 10.9 Å². The minimum Gasteiger partial charge on any atom is -0.494 e. The number of nitrogen functional groups attached to an aromatic ring is 1. The lowest BCUT2D eigenvalue weighted by atomic mass is 9.87. The summed E-state index contributed by atoms with van der Waals surface area (Å²) in [7, 11) is 1.29. The van der Waals surface area contributed by atoms with E-state index in [1.807, 2.05) is 0 Å². The number of alkyl halides is 3. The van der Waals surface area contributed by atoms with Crippen LogP contribution >= 0.6 is 0 Å². The maximum absolute atomic E-state index is 14.9. The van der Waals surface area contributed by atoms with Gasteiger partial charge in [-0.3, -0.25) is 9.79 Å². The molecule has 0 aliphatic heterocycles. The molecule has 3 N–H and O–H groups in total. The number of anilines is 2. The molecule has 11 heteroatoms. The molecule has 0 atom stereocenters. The Morgan fingerprint density at radius 2 is 1.94 bits per heavy atom. The van der Waals surface area contributed by atoms with E-state index in [0.29, 0.717) is 25.7 Å². The molecular weight excluding hydrogens is 444 g/mol. The number of hydrogen-bond acceptors (Lipinski definition) is 6. The van der Waals surface area contributed by atoms with Crippen LogP contribution in [0.25, 0.3) is 0 Å². The molecule has 1 heterocycles. The number of nitrogens with two attached hydrogens (primary N) is 1. The second-order valence-electron chi connectivity index (χ2n) is 7.62. The topological polar surface area (TPSA) is 107 Å². The lowest BCUT2D eigenvalue weighted by Crippen LogP contribution is -2.19. The number of rotatable bonds is 6. The number of methoxy groups -OCH3 is 1. The van der Waals surface area contributed by atoms with Gasteiger partial charge < -0.3 is 20.6 Å². The molecular formula is C22H22F4N4O3. The van der Waals surface area contributed by atoms with E-state index < -0.39 is 29.4 Å². The Balaban J connectivity index is 1.86. The van der Waals surface area contributed by atoms with Crippen LogP contribution in [0, 0.1) is 5.92 Å². The van der Waals surface area contributed by atoms with Gasteiger partial charge in [0.2, 0.25) is 5.97 Å². The summed E-state index contributed by atoms with van der Waals surface area (Å²) in [6.07, 6.45) is -1.48. The fraction of sp³-hybridized carbons (Fsp3) is 0.364. The number of benzene rings is 1. The van der Waals surface area contributed by atoms with Crippen LogP contribution in [0.2, 0.25) is 0 Å². The fourth-order valence-electron chi connectivity index (χ4n) is 3.54. The zero-order valence-electron chi connectivity index (χ0n) is 17.7. The molecule has 1 aromatic carbocycles. The number of nitrogens with zero attached hydrogens (tertiary/aromatic N) is 2. The maximum Gasteiger partial charge on any atom is 0.433 e. The molecule has 2 aromatic rings. The van der Waals surface area contributed by atoms with E-state index in [1.54, 1.807) is 0 Å². The quantitative estimate of drug-likeness (QED) is 0.284. The molecule has 7 nitrogen and oxygen atoms in total. The summed E-state index contributed by atoms with van der Waals surface area (Å²) < 4.78 is 58.8. The van der Waals surface area contributed by atoms with Gasteiger partial charge in [0.25, 0.3) is 5.91 Å². The van der Waals surface area contributed by atoms with Crippen molar-refractivity contribution in [3.05, 3.63) is 47.3 Å². The maximum atomic E-state index is 14.9. The molecule has 3 rings (SSSR count). The van der Waals surface area contributed by atoms with E-state index in [1.165, 1.54) is 19.2 Å². The van der Waals surface area contributed by atoms with Crippen LogP contribution in [-0.2, 0) is 11.0 Å². The standard InChI is InChI=1S/C22H22F4N4O3/c1-33-18-10-15(27)14(20(23)28-13-7-5-12(11-31)6-8-13)9-17(18)30-21(32)16-3-2-4-19(29-16)22(24,25)26/h2-4,9-13H,5-8,27H2,1H3,(H,30,32). The minimum absolute atomic E-state index is 0.00451. The number of aliphatic imine (C=N–C) groups is 1. The number of carbonyl (C=O) groups excluding carboxylic acids is 2. The van der Waals surface area contributed by atoms with Crippen LogP contribution < -0.4 is 15.8 Å². The monoisotopic (exact) mass is 466 g/mol. The third kappa shape index (κ3) is 5.85. The van der Waals surface area contributed by atoms with Gasteiger partial charge in [-0.1, -0.05) is 6.07 Å². The molecule has 0 bridgehead atoms. The first kappa shape index (κ1) is 24.1. The minimum atomic E-state index is -4.72. The number of halogens is 4. The van der Waals surface area contributed by atoms with Gasteiger partial charge in [-0.15, -0.1) is 0 Å². The third-order valence-electron chi connectivity index (χ3n) is 5.34. The Morgan fingerprint density at radius 1 is 1.24 bits per heavy atom. The number of ether oxygens (including phenoxy) is 1. The lowest BCUT2D eigenvalue weighted by Gasteiger charge is -2.22. The Morgan fingerprint density at radius 3 is 2.55 bits per heavy atom. The average Bonchev–Trinajstić information content (AvgIpc) is 2.79.